The molecule has 2 aromatic carbocycles. The van der Waals surface area contributed by atoms with E-state index in [0.717, 1.165) is 59.8 Å². The molecule has 2 aliphatic heterocycles. The highest BCUT2D eigenvalue weighted by Gasteiger charge is 2.26. The molecule has 1 unspecified atom stereocenters. The minimum atomic E-state index is -0.971. The van der Waals surface area contributed by atoms with Crippen molar-refractivity contribution in [2.24, 2.45) is 0 Å². The first-order valence-electron chi connectivity index (χ1n) is 14.1. The van der Waals surface area contributed by atoms with Gasteiger partial charge in [0.15, 0.2) is 0 Å². The summed E-state index contributed by atoms with van der Waals surface area (Å²) in [5, 5.41) is 9.88. The fourth-order valence-electron chi connectivity index (χ4n) is 5.56. The fraction of sp³-hybridized carbons (Fsp3) is 0.290. The smallest absolute Gasteiger partial charge is 0.335 e. The zero-order valence-corrected chi connectivity index (χ0v) is 23.9. The van der Waals surface area contributed by atoms with Crippen molar-refractivity contribution in [2.45, 2.75) is 45.2 Å². The number of hydrogen-bond donors (Lipinski definition) is 1. The molecule has 0 spiro atoms. The predicted octanol–water partition coefficient (Wildman–Crippen LogP) is 5.03. The number of halogens is 2. The van der Waals surface area contributed by atoms with Crippen molar-refractivity contribution < 1.29 is 23.8 Å². The lowest BCUT2D eigenvalue weighted by atomic mass is 10.0. The van der Waals surface area contributed by atoms with E-state index in [4.69, 9.17) is 31.0 Å². The number of pyridine rings is 1. The van der Waals surface area contributed by atoms with Crippen LogP contribution in [0.3, 0.4) is 0 Å². The minimum Gasteiger partial charge on any atom is -0.478 e. The Kier molecular flexibility index (Phi) is 7.29. The molecule has 1 atom stereocenters. The molecule has 1 fully saturated rings. The number of carboxylic acid groups (broad SMARTS) is 1. The van der Waals surface area contributed by atoms with Gasteiger partial charge in [-0.25, -0.2) is 24.1 Å². The number of benzene rings is 2. The monoisotopic (exact) mass is 602 g/mol. The van der Waals surface area contributed by atoms with Crippen molar-refractivity contribution in [1.82, 2.24) is 29.0 Å². The van der Waals surface area contributed by atoms with Crippen LogP contribution in [-0.2, 0) is 37.4 Å². The normalized spacial score (nSPS) is 16.7. The highest BCUT2D eigenvalue weighted by molar-refractivity contribution is 6.30. The van der Waals surface area contributed by atoms with Crippen LogP contribution >= 0.6 is 11.6 Å². The van der Waals surface area contributed by atoms with Gasteiger partial charge < -0.3 is 23.7 Å². The number of aromatic carboxylic acids is 1. The van der Waals surface area contributed by atoms with Crippen LogP contribution in [0, 0.1) is 5.82 Å². The summed E-state index contributed by atoms with van der Waals surface area (Å²) in [4.78, 5) is 27.9. The number of imidazole rings is 2. The second-order valence-electron chi connectivity index (χ2n) is 10.8. The fourth-order valence-corrected chi connectivity index (χ4v) is 5.72. The Morgan fingerprint density at radius 2 is 2.07 bits per heavy atom. The first kappa shape index (κ1) is 27.5. The Morgan fingerprint density at radius 3 is 2.81 bits per heavy atom. The number of ether oxygens (including phenoxy) is 2. The number of fused-ring (bicyclic) bond motifs is 2. The van der Waals surface area contributed by atoms with Crippen LogP contribution in [0.25, 0.3) is 16.7 Å². The molecule has 220 valence electrons. The van der Waals surface area contributed by atoms with Crippen molar-refractivity contribution in [3.8, 4) is 11.6 Å². The predicted molar refractivity (Wildman–Crippen MR) is 156 cm³/mol. The lowest BCUT2D eigenvalue weighted by Gasteiger charge is -2.30. The second kappa shape index (κ2) is 11.4. The first-order chi connectivity index (χ1) is 20.9. The second-order valence-corrected chi connectivity index (χ2v) is 11.2. The molecule has 0 radical (unpaired) electrons. The molecule has 1 saturated heterocycles. The Bertz CT molecular complexity index is 1820. The van der Waals surface area contributed by atoms with Gasteiger partial charge in [0.25, 0.3) is 0 Å². The zero-order chi connectivity index (χ0) is 29.5. The van der Waals surface area contributed by atoms with Crippen LogP contribution in [-0.4, -0.2) is 59.3 Å². The van der Waals surface area contributed by atoms with E-state index in [9.17, 15) is 14.3 Å². The van der Waals surface area contributed by atoms with E-state index in [1.807, 2.05) is 10.8 Å². The number of rotatable bonds is 9. The Hall–Kier alpha value is -4.32. The highest BCUT2D eigenvalue weighted by Crippen LogP contribution is 2.30. The summed E-state index contributed by atoms with van der Waals surface area (Å²) < 4.78 is 30.2. The molecular weight excluding hydrogens is 575 g/mol. The van der Waals surface area contributed by atoms with Gasteiger partial charge in [0.05, 0.1) is 47.8 Å². The number of carbonyl (C=O) groups is 1. The molecule has 0 saturated carbocycles. The molecule has 0 bridgehead atoms. The Balaban J connectivity index is 1.17. The molecule has 3 aromatic heterocycles. The average Bonchev–Trinajstić information content (AvgIpc) is 3.62. The summed E-state index contributed by atoms with van der Waals surface area (Å²) in [5.74, 6) is -0.182. The topological polar surface area (TPSA) is 108 Å². The summed E-state index contributed by atoms with van der Waals surface area (Å²) in [7, 11) is 0. The van der Waals surface area contributed by atoms with Gasteiger partial charge in [0, 0.05) is 42.7 Å². The van der Waals surface area contributed by atoms with Gasteiger partial charge in [-0.05, 0) is 54.8 Å². The molecule has 7 rings (SSSR count). The highest BCUT2D eigenvalue weighted by atomic mass is 35.5. The summed E-state index contributed by atoms with van der Waals surface area (Å²) in [6.45, 7) is 3.25. The van der Waals surface area contributed by atoms with Crippen molar-refractivity contribution in [1.29, 1.82) is 0 Å². The summed E-state index contributed by atoms with van der Waals surface area (Å²) in [6.07, 6.45) is 7.00. The van der Waals surface area contributed by atoms with E-state index in [1.54, 1.807) is 42.9 Å². The van der Waals surface area contributed by atoms with Gasteiger partial charge in [0.1, 0.15) is 23.9 Å². The zero-order valence-electron chi connectivity index (χ0n) is 23.1. The maximum absolute atomic E-state index is 14.5. The maximum atomic E-state index is 14.5. The van der Waals surface area contributed by atoms with Gasteiger partial charge in [-0.3, -0.25) is 4.90 Å². The van der Waals surface area contributed by atoms with E-state index >= 15 is 0 Å². The molecule has 43 heavy (non-hydrogen) atoms. The molecule has 2 aliphatic rings. The Morgan fingerprint density at radius 1 is 1.19 bits per heavy atom. The maximum Gasteiger partial charge on any atom is 0.335 e. The molecule has 5 heterocycles. The van der Waals surface area contributed by atoms with E-state index in [2.05, 4.69) is 20.5 Å². The summed E-state index contributed by atoms with van der Waals surface area (Å²) in [6, 6.07) is 11.6. The molecular formula is C31H28ClFN6O4. The van der Waals surface area contributed by atoms with Gasteiger partial charge in [-0.15, -0.1) is 0 Å². The largest absolute Gasteiger partial charge is 0.478 e. The van der Waals surface area contributed by atoms with Gasteiger partial charge in [0.2, 0.25) is 5.88 Å². The van der Waals surface area contributed by atoms with Gasteiger partial charge in [-0.1, -0.05) is 17.7 Å². The average molecular weight is 603 g/mol. The third kappa shape index (κ3) is 5.58. The summed E-state index contributed by atoms with van der Waals surface area (Å²) >= 11 is 5.92. The van der Waals surface area contributed by atoms with Crippen LogP contribution in [0.15, 0.2) is 61.2 Å². The standard InChI is InChI=1S/C31H28ClFN6O4/c32-22-3-1-21(24(33)13-22)17-43-30-28(38-9-7-34-18-38)11-19-5-8-37(15-26(19)36-30)16-29-35-25-4-2-20(31(40)41)12-27(25)39(29)14-23-6-10-42-23/h1-4,7,9,11-13,18,23H,5-6,8,10,14-17H2,(H,40,41). The van der Waals surface area contributed by atoms with E-state index in [-0.39, 0.29) is 18.3 Å². The summed E-state index contributed by atoms with van der Waals surface area (Å²) in [5.41, 5.74) is 4.86. The molecule has 5 aromatic rings. The third-order valence-electron chi connectivity index (χ3n) is 7.99. The molecule has 12 heteroatoms. The molecule has 1 N–H and O–H groups in total. The van der Waals surface area contributed by atoms with Crippen LogP contribution < -0.4 is 4.74 Å². The van der Waals surface area contributed by atoms with E-state index in [1.165, 1.54) is 6.07 Å². The lowest BCUT2D eigenvalue weighted by molar-refractivity contribution is -0.0592. The number of carboxylic acids is 1. The lowest BCUT2D eigenvalue weighted by Crippen LogP contribution is -2.34. The molecule has 0 aliphatic carbocycles. The third-order valence-corrected chi connectivity index (χ3v) is 8.22. The van der Waals surface area contributed by atoms with Crippen molar-refractivity contribution >= 4 is 28.6 Å². The number of hydrogen-bond acceptors (Lipinski definition) is 7. The number of aromatic nitrogens is 5. The van der Waals surface area contributed by atoms with Crippen molar-refractivity contribution in [3.63, 3.8) is 0 Å². The quantitative estimate of drug-likeness (QED) is 0.250. The Labute approximate surface area is 251 Å². The van der Waals surface area contributed by atoms with Crippen LogP contribution in [0.4, 0.5) is 4.39 Å². The molecule has 0 amide bonds. The van der Waals surface area contributed by atoms with Crippen molar-refractivity contribution in [2.75, 3.05) is 13.2 Å². The van der Waals surface area contributed by atoms with Crippen LogP contribution in [0.5, 0.6) is 5.88 Å². The van der Waals surface area contributed by atoms with E-state index in [0.29, 0.717) is 36.1 Å². The van der Waals surface area contributed by atoms with E-state index < -0.39 is 11.8 Å². The SMILES string of the molecule is O=C(O)c1ccc2nc(CN3CCc4cc(-n5ccnc5)c(OCc5ccc(Cl)cc5F)nc4C3)n(CC3CCO3)c2c1. The first-order valence-corrected chi connectivity index (χ1v) is 14.4. The molecule has 10 nitrogen and oxygen atoms in total. The minimum absolute atomic E-state index is 0.00814. The number of nitrogens with zero attached hydrogens (tertiary/aromatic N) is 6. The van der Waals surface area contributed by atoms with Crippen LogP contribution in [0.2, 0.25) is 5.02 Å². The van der Waals surface area contributed by atoms with Crippen LogP contribution in [0.1, 0.15) is 39.4 Å². The van der Waals surface area contributed by atoms with Gasteiger partial charge in [-0.2, -0.15) is 0 Å². The van der Waals surface area contributed by atoms with Crippen molar-refractivity contribution in [3.05, 3.63) is 100 Å². The van der Waals surface area contributed by atoms with Gasteiger partial charge >= 0.3 is 5.97 Å².